The molecule has 0 aliphatic carbocycles. The van der Waals surface area contributed by atoms with Gasteiger partial charge in [0, 0.05) is 19.3 Å². The van der Waals surface area contributed by atoms with Crippen LogP contribution in [-0.2, 0) is 4.74 Å². The van der Waals surface area contributed by atoms with E-state index < -0.39 is 5.97 Å². The molecule has 5 heteroatoms. The molecule has 86 valence electrons. The lowest BCUT2D eigenvalue weighted by Gasteiger charge is -2.28. The Bertz CT molecular complexity index is 400. The average molecular weight is 222 g/mol. The second kappa shape index (κ2) is 4.49. The molecule has 1 saturated heterocycles. The molecule has 1 aliphatic rings. The van der Waals surface area contributed by atoms with Crippen molar-refractivity contribution in [3.63, 3.8) is 0 Å². The van der Waals surface area contributed by atoms with Gasteiger partial charge < -0.3 is 14.7 Å². The maximum atomic E-state index is 10.8. The highest BCUT2D eigenvalue weighted by Gasteiger charge is 2.14. The highest BCUT2D eigenvalue weighted by atomic mass is 16.5. The van der Waals surface area contributed by atoms with Crippen LogP contribution in [0.25, 0.3) is 0 Å². The molecular formula is C11H14N2O3. The summed E-state index contributed by atoms with van der Waals surface area (Å²) in [4.78, 5) is 17.1. The normalized spacial score (nSPS) is 16.2. The topological polar surface area (TPSA) is 62.7 Å². The van der Waals surface area contributed by atoms with E-state index in [-0.39, 0.29) is 5.56 Å². The maximum absolute atomic E-state index is 10.8. The predicted octanol–water partition coefficient (Wildman–Crippen LogP) is 0.925. The van der Waals surface area contributed by atoms with Crippen LogP contribution < -0.4 is 4.90 Å². The van der Waals surface area contributed by atoms with Gasteiger partial charge in [0.2, 0.25) is 0 Å². The molecule has 1 aromatic heterocycles. The van der Waals surface area contributed by atoms with Gasteiger partial charge in [0.1, 0.15) is 5.82 Å². The lowest BCUT2D eigenvalue weighted by atomic mass is 10.1. The van der Waals surface area contributed by atoms with Crippen molar-refractivity contribution in [1.29, 1.82) is 0 Å². The summed E-state index contributed by atoms with van der Waals surface area (Å²) in [5.41, 5.74) is 1.00. The number of morpholine rings is 1. The van der Waals surface area contributed by atoms with Crippen molar-refractivity contribution >= 4 is 11.8 Å². The summed E-state index contributed by atoms with van der Waals surface area (Å²) in [5.74, 6) is -0.107. The van der Waals surface area contributed by atoms with Gasteiger partial charge in [0.05, 0.1) is 18.8 Å². The zero-order valence-electron chi connectivity index (χ0n) is 9.14. The van der Waals surface area contributed by atoms with E-state index in [4.69, 9.17) is 9.84 Å². The summed E-state index contributed by atoms with van der Waals surface area (Å²) in [5, 5.41) is 8.89. The smallest absolute Gasteiger partial charge is 0.337 e. The van der Waals surface area contributed by atoms with E-state index in [0.29, 0.717) is 13.2 Å². The molecule has 0 spiro atoms. The van der Waals surface area contributed by atoms with Gasteiger partial charge in [-0.05, 0) is 18.6 Å². The molecule has 2 heterocycles. The van der Waals surface area contributed by atoms with Crippen LogP contribution >= 0.6 is 0 Å². The van der Waals surface area contributed by atoms with Gasteiger partial charge in [-0.1, -0.05) is 0 Å². The van der Waals surface area contributed by atoms with Crippen LogP contribution in [0.5, 0.6) is 0 Å². The fourth-order valence-electron chi connectivity index (χ4n) is 1.73. The minimum Gasteiger partial charge on any atom is -0.478 e. The molecule has 1 aliphatic heterocycles. The van der Waals surface area contributed by atoms with Crippen molar-refractivity contribution < 1.29 is 14.6 Å². The zero-order chi connectivity index (χ0) is 11.5. The van der Waals surface area contributed by atoms with E-state index in [0.717, 1.165) is 24.5 Å². The third-order valence-corrected chi connectivity index (χ3v) is 2.66. The van der Waals surface area contributed by atoms with E-state index in [2.05, 4.69) is 9.88 Å². The number of rotatable bonds is 2. The summed E-state index contributed by atoms with van der Waals surface area (Å²) in [6.07, 6.45) is 1.42. The Labute approximate surface area is 93.7 Å². The van der Waals surface area contributed by atoms with Crippen molar-refractivity contribution in [3.8, 4) is 0 Å². The first-order valence-corrected chi connectivity index (χ1v) is 5.21. The summed E-state index contributed by atoms with van der Waals surface area (Å²) in [7, 11) is 0. The summed E-state index contributed by atoms with van der Waals surface area (Å²) in [6.45, 7) is 4.79. The number of anilines is 1. The minimum absolute atomic E-state index is 0.261. The number of ether oxygens (including phenoxy) is 1. The van der Waals surface area contributed by atoms with E-state index in [1.807, 2.05) is 6.07 Å². The van der Waals surface area contributed by atoms with Crippen LogP contribution in [0, 0.1) is 6.92 Å². The van der Waals surface area contributed by atoms with Gasteiger partial charge in [0.15, 0.2) is 0 Å². The van der Waals surface area contributed by atoms with Gasteiger partial charge in [-0.25, -0.2) is 9.78 Å². The molecule has 0 unspecified atom stereocenters. The maximum Gasteiger partial charge on any atom is 0.337 e. The number of carboxylic acids is 1. The van der Waals surface area contributed by atoms with E-state index >= 15 is 0 Å². The molecule has 1 fully saturated rings. The first-order valence-electron chi connectivity index (χ1n) is 5.21. The first kappa shape index (κ1) is 10.9. The monoisotopic (exact) mass is 222 g/mol. The fourth-order valence-corrected chi connectivity index (χ4v) is 1.73. The summed E-state index contributed by atoms with van der Waals surface area (Å²) in [6, 6.07) is 1.81. The number of nitrogens with zero attached hydrogens (tertiary/aromatic N) is 2. The fraction of sp³-hybridized carbons (Fsp3) is 0.455. The molecular weight excluding hydrogens is 208 g/mol. The lowest BCUT2D eigenvalue weighted by molar-refractivity contribution is 0.0695. The Hall–Kier alpha value is -1.62. The molecule has 2 rings (SSSR count). The molecule has 0 saturated carbocycles. The molecule has 0 radical (unpaired) electrons. The Morgan fingerprint density at radius 2 is 2.19 bits per heavy atom. The summed E-state index contributed by atoms with van der Waals surface area (Å²) < 4.78 is 5.25. The lowest BCUT2D eigenvalue weighted by Crippen LogP contribution is -2.36. The SMILES string of the molecule is Cc1cc(N2CCOCC2)ncc1C(=O)O. The molecule has 1 N–H and O–H groups in total. The Kier molecular flexibility index (Phi) is 3.05. The van der Waals surface area contributed by atoms with Gasteiger partial charge in [-0.15, -0.1) is 0 Å². The Balaban J connectivity index is 2.23. The molecule has 0 amide bonds. The quantitative estimate of drug-likeness (QED) is 0.806. The van der Waals surface area contributed by atoms with Crippen molar-refractivity contribution in [3.05, 3.63) is 23.4 Å². The number of aromatic nitrogens is 1. The van der Waals surface area contributed by atoms with E-state index in [1.165, 1.54) is 6.20 Å². The Morgan fingerprint density at radius 1 is 1.50 bits per heavy atom. The largest absolute Gasteiger partial charge is 0.478 e. The van der Waals surface area contributed by atoms with Crippen LogP contribution in [-0.4, -0.2) is 42.4 Å². The molecule has 0 atom stereocenters. The number of carbonyl (C=O) groups is 1. The Morgan fingerprint density at radius 3 is 2.75 bits per heavy atom. The zero-order valence-corrected chi connectivity index (χ0v) is 9.14. The number of aryl methyl sites for hydroxylation is 1. The average Bonchev–Trinajstić information content (AvgIpc) is 2.29. The van der Waals surface area contributed by atoms with E-state index in [1.54, 1.807) is 6.92 Å². The van der Waals surface area contributed by atoms with Crippen LogP contribution in [0.3, 0.4) is 0 Å². The van der Waals surface area contributed by atoms with E-state index in [9.17, 15) is 4.79 Å². The van der Waals surface area contributed by atoms with Crippen LogP contribution in [0.1, 0.15) is 15.9 Å². The number of carboxylic acid groups (broad SMARTS) is 1. The third-order valence-electron chi connectivity index (χ3n) is 2.66. The number of aromatic carboxylic acids is 1. The number of pyridine rings is 1. The first-order chi connectivity index (χ1) is 7.68. The molecule has 1 aromatic rings. The predicted molar refractivity (Wildman–Crippen MR) is 59.0 cm³/mol. The molecule has 0 aromatic carbocycles. The number of hydrogen-bond acceptors (Lipinski definition) is 4. The van der Waals surface area contributed by atoms with Crippen molar-refractivity contribution in [2.75, 3.05) is 31.2 Å². The molecule has 5 nitrogen and oxygen atoms in total. The van der Waals surface area contributed by atoms with Crippen LogP contribution in [0.4, 0.5) is 5.82 Å². The highest BCUT2D eigenvalue weighted by molar-refractivity contribution is 5.89. The van der Waals surface area contributed by atoms with Gasteiger partial charge in [0.25, 0.3) is 0 Å². The minimum atomic E-state index is -0.932. The second-order valence-electron chi connectivity index (χ2n) is 3.76. The molecule has 0 bridgehead atoms. The van der Waals surface area contributed by atoms with Crippen molar-refractivity contribution in [1.82, 2.24) is 4.98 Å². The van der Waals surface area contributed by atoms with Crippen molar-refractivity contribution in [2.45, 2.75) is 6.92 Å². The number of hydrogen-bond donors (Lipinski definition) is 1. The van der Waals surface area contributed by atoms with Gasteiger partial charge in [-0.3, -0.25) is 0 Å². The second-order valence-corrected chi connectivity index (χ2v) is 3.76. The third kappa shape index (κ3) is 2.14. The molecule has 16 heavy (non-hydrogen) atoms. The highest BCUT2D eigenvalue weighted by Crippen LogP contribution is 2.16. The van der Waals surface area contributed by atoms with Gasteiger partial charge >= 0.3 is 5.97 Å². The standard InChI is InChI=1S/C11H14N2O3/c1-8-6-10(12-7-9(8)11(14)15)13-2-4-16-5-3-13/h6-7H,2-5H2,1H3,(H,14,15). The van der Waals surface area contributed by atoms with Crippen LogP contribution in [0.15, 0.2) is 12.3 Å². The van der Waals surface area contributed by atoms with Gasteiger partial charge in [-0.2, -0.15) is 0 Å². The summed E-state index contributed by atoms with van der Waals surface area (Å²) >= 11 is 0. The van der Waals surface area contributed by atoms with Crippen molar-refractivity contribution in [2.24, 2.45) is 0 Å². The van der Waals surface area contributed by atoms with Crippen LogP contribution in [0.2, 0.25) is 0 Å².